The second kappa shape index (κ2) is 7.05. The molecule has 0 spiro atoms. The molecule has 2 aromatic carbocycles. The van der Waals surface area contributed by atoms with Gasteiger partial charge in [0.25, 0.3) is 5.91 Å². The van der Waals surface area contributed by atoms with Crippen LogP contribution in [0.5, 0.6) is 0 Å². The van der Waals surface area contributed by atoms with Crippen molar-refractivity contribution >= 4 is 23.6 Å². The number of anilines is 1. The fraction of sp³-hybridized carbons (Fsp3) is 0.0588. The average Bonchev–Trinajstić information content (AvgIpc) is 2.52. The van der Waals surface area contributed by atoms with Gasteiger partial charge >= 0.3 is 5.97 Å². The van der Waals surface area contributed by atoms with E-state index in [0.29, 0.717) is 5.69 Å². The van der Waals surface area contributed by atoms with Crippen molar-refractivity contribution in [2.24, 2.45) is 0 Å². The molecular formula is C17H15NO3. The summed E-state index contributed by atoms with van der Waals surface area (Å²) in [7, 11) is 0. The summed E-state index contributed by atoms with van der Waals surface area (Å²) in [6.45, 7) is 1.33. The van der Waals surface area contributed by atoms with Crippen LogP contribution < -0.4 is 5.06 Å². The minimum atomic E-state index is -0.613. The summed E-state index contributed by atoms with van der Waals surface area (Å²) < 4.78 is 0. The Bertz CT molecular complexity index is 636. The molecule has 0 fully saturated rings. The van der Waals surface area contributed by atoms with Crippen molar-refractivity contribution in [2.45, 2.75) is 6.92 Å². The van der Waals surface area contributed by atoms with Gasteiger partial charge in [0.2, 0.25) is 0 Å². The lowest BCUT2D eigenvalue weighted by Gasteiger charge is -2.18. The molecule has 0 radical (unpaired) electrons. The van der Waals surface area contributed by atoms with E-state index in [1.807, 2.05) is 36.4 Å². The lowest BCUT2D eigenvalue weighted by Crippen LogP contribution is -2.30. The third-order valence-electron chi connectivity index (χ3n) is 2.67. The lowest BCUT2D eigenvalue weighted by molar-refractivity contribution is -0.145. The van der Waals surface area contributed by atoms with Gasteiger partial charge in [-0.25, -0.2) is 4.79 Å². The van der Waals surface area contributed by atoms with Crippen LogP contribution in [0.1, 0.15) is 12.5 Å². The monoisotopic (exact) mass is 281 g/mol. The second-order valence-electron chi connectivity index (χ2n) is 4.30. The Balaban J connectivity index is 2.06. The molecule has 0 aliphatic rings. The summed E-state index contributed by atoms with van der Waals surface area (Å²) in [6.07, 6.45) is 2.92. The van der Waals surface area contributed by atoms with E-state index < -0.39 is 5.97 Å². The number of benzene rings is 2. The van der Waals surface area contributed by atoms with Crippen molar-refractivity contribution in [3.05, 3.63) is 72.3 Å². The van der Waals surface area contributed by atoms with E-state index in [9.17, 15) is 9.59 Å². The van der Waals surface area contributed by atoms with Crippen LogP contribution in [0.4, 0.5) is 5.69 Å². The Hall–Kier alpha value is -2.88. The quantitative estimate of drug-likeness (QED) is 0.641. The average molecular weight is 281 g/mol. The van der Waals surface area contributed by atoms with E-state index in [1.165, 1.54) is 13.0 Å². The number of carbonyl (C=O) groups is 2. The minimum absolute atomic E-state index is 0.373. The molecule has 0 atom stereocenters. The molecule has 0 heterocycles. The number of hydroxylamine groups is 1. The highest BCUT2D eigenvalue weighted by molar-refractivity contribution is 5.94. The van der Waals surface area contributed by atoms with Gasteiger partial charge in [-0.15, -0.1) is 5.06 Å². The maximum Gasteiger partial charge on any atom is 0.356 e. The Labute approximate surface area is 123 Å². The summed E-state index contributed by atoms with van der Waals surface area (Å²) >= 11 is 0. The highest BCUT2D eigenvalue weighted by Crippen LogP contribution is 2.14. The van der Waals surface area contributed by atoms with Gasteiger partial charge in [-0.3, -0.25) is 4.79 Å². The Kier molecular flexibility index (Phi) is 4.88. The summed E-state index contributed by atoms with van der Waals surface area (Å²) in [6, 6.07) is 18.1. The number of amides is 1. The van der Waals surface area contributed by atoms with Gasteiger partial charge in [0, 0.05) is 13.0 Å². The van der Waals surface area contributed by atoms with Crippen LogP contribution >= 0.6 is 0 Å². The molecule has 0 N–H and O–H groups in total. The molecule has 106 valence electrons. The smallest absolute Gasteiger partial charge is 0.328 e. The predicted molar refractivity (Wildman–Crippen MR) is 81.2 cm³/mol. The molecule has 4 nitrogen and oxygen atoms in total. The van der Waals surface area contributed by atoms with E-state index in [-0.39, 0.29) is 5.91 Å². The number of nitrogens with zero attached hydrogens (tertiary/aromatic N) is 1. The van der Waals surface area contributed by atoms with Crippen molar-refractivity contribution in [2.75, 3.05) is 5.06 Å². The molecule has 0 aliphatic heterocycles. The lowest BCUT2D eigenvalue weighted by atomic mass is 10.2. The Morgan fingerprint density at radius 1 is 0.952 bits per heavy atom. The largest absolute Gasteiger partial charge is 0.356 e. The van der Waals surface area contributed by atoms with Crippen LogP contribution in [-0.2, 0) is 14.4 Å². The Morgan fingerprint density at radius 3 is 2.10 bits per heavy atom. The van der Waals surface area contributed by atoms with Gasteiger partial charge in [-0.05, 0) is 23.8 Å². The fourth-order valence-electron chi connectivity index (χ4n) is 1.71. The van der Waals surface area contributed by atoms with Crippen LogP contribution in [0.15, 0.2) is 66.7 Å². The highest BCUT2D eigenvalue weighted by Gasteiger charge is 2.15. The zero-order chi connectivity index (χ0) is 15.1. The minimum Gasteiger partial charge on any atom is -0.328 e. The number of para-hydroxylation sites is 1. The zero-order valence-electron chi connectivity index (χ0n) is 11.6. The summed E-state index contributed by atoms with van der Waals surface area (Å²) in [4.78, 5) is 28.5. The van der Waals surface area contributed by atoms with Gasteiger partial charge in [0.1, 0.15) is 0 Å². The van der Waals surface area contributed by atoms with E-state index in [4.69, 9.17) is 4.84 Å². The van der Waals surface area contributed by atoms with E-state index in [1.54, 1.807) is 30.3 Å². The molecule has 0 bridgehead atoms. The normalized spacial score (nSPS) is 10.3. The maximum absolute atomic E-state index is 11.8. The fourth-order valence-corrected chi connectivity index (χ4v) is 1.71. The first-order valence-electron chi connectivity index (χ1n) is 6.47. The Morgan fingerprint density at radius 2 is 1.52 bits per heavy atom. The first-order valence-corrected chi connectivity index (χ1v) is 6.47. The van der Waals surface area contributed by atoms with Gasteiger partial charge in [-0.2, -0.15) is 0 Å². The van der Waals surface area contributed by atoms with Crippen LogP contribution in [-0.4, -0.2) is 11.9 Å². The standard InChI is InChI=1S/C17H15NO3/c1-14(19)18(16-10-6-3-7-11-16)21-17(20)13-12-15-8-4-2-5-9-15/h2-13H,1H3/b13-12+. The number of carbonyl (C=O) groups excluding carboxylic acids is 2. The number of hydrogen-bond donors (Lipinski definition) is 0. The maximum atomic E-state index is 11.8. The van der Waals surface area contributed by atoms with Gasteiger partial charge < -0.3 is 4.84 Å². The molecule has 0 saturated carbocycles. The molecule has 0 aromatic heterocycles. The summed E-state index contributed by atoms with van der Waals surface area (Å²) in [5.74, 6) is -0.986. The zero-order valence-corrected chi connectivity index (χ0v) is 11.6. The molecule has 2 aromatic rings. The van der Waals surface area contributed by atoms with Crippen molar-refractivity contribution in [1.29, 1.82) is 0 Å². The third-order valence-corrected chi connectivity index (χ3v) is 2.67. The molecule has 1 amide bonds. The molecule has 4 heteroatoms. The van der Waals surface area contributed by atoms with Gasteiger partial charge in [0.05, 0.1) is 5.69 Å². The first kappa shape index (κ1) is 14.5. The van der Waals surface area contributed by atoms with Crippen molar-refractivity contribution < 1.29 is 14.4 Å². The van der Waals surface area contributed by atoms with Gasteiger partial charge in [0.15, 0.2) is 0 Å². The van der Waals surface area contributed by atoms with Crippen LogP contribution in [0, 0.1) is 0 Å². The highest BCUT2D eigenvalue weighted by atomic mass is 16.7. The van der Waals surface area contributed by atoms with Crippen molar-refractivity contribution in [3.8, 4) is 0 Å². The SMILES string of the molecule is CC(=O)N(OC(=O)/C=C/c1ccccc1)c1ccccc1. The summed E-state index contributed by atoms with van der Waals surface area (Å²) in [5.41, 5.74) is 1.38. The number of hydrogen-bond acceptors (Lipinski definition) is 3. The topological polar surface area (TPSA) is 46.6 Å². The van der Waals surface area contributed by atoms with Crippen LogP contribution in [0.25, 0.3) is 6.08 Å². The molecular weight excluding hydrogens is 266 g/mol. The number of rotatable bonds is 3. The summed E-state index contributed by atoms with van der Waals surface area (Å²) in [5, 5.41) is 0.970. The van der Waals surface area contributed by atoms with Gasteiger partial charge in [-0.1, -0.05) is 48.5 Å². The van der Waals surface area contributed by atoms with E-state index in [2.05, 4.69) is 0 Å². The van der Waals surface area contributed by atoms with E-state index in [0.717, 1.165) is 10.6 Å². The van der Waals surface area contributed by atoms with E-state index >= 15 is 0 Å². The molecule has 21 heavy (non-hydrogen) atoms. The molecule has 0 saturated heterocycles. The first-order chi connectivity index (χ1) is 10.2. The van der Waals surface area contributed by atoms with Crippen LogP contribution in [0.2, 0.25) is 0 Å². The van der Waals surface area contributed by atoms with Crippen LogP contribution in [0.3, 0.4) is 0 Å². The molecule has 2 rings (SSSR count). The second-order valence-corrected chi connectivity index (χ2v) is 4.30. The molecule has 0 aliphatic carbocycles. The predicted octanol–water partition coefficient (Wildman–Crippen LogP) is 3.21. The van der Waals surface area contributed by atoms with Crippen molar-refractivity contribution in [1.82, 2.24) is 0 Å². The molecule has 0 unspecified atom stereocenters. The third kappa shape index (κ3) is 4.31. The van der Waals surface area contributed by atoms with Crippen molar-refractivity contribution in [3.63, 3.8) is 0 Å².